The second kappa shape index (κ2) is 5.76. The first-order valence-electron chi connectivity index (χ1n) is 7.76. The van der Waals surface area contributed by atoms with Crippen LogP contribution < -0.4 is 5.48 Å². The van der Waals surface area contributed by atoms with Gasteiger partial charge in [-0.15, -0.1) is 0 Å². The molecule has 0 atom stereocenters. The van der Waals surface area contributed by atoms with Crippen molar-refractivity contribution in [3.8, 4) is 0 Å². The topological polar surface area (TPSA) is 47.6 Å². The van der Waals surface area contributed by atoms with Crippen LogP contribution in [0.4, 0.5) is 0 Å². The van der Waals surface area contributed by atoms with E-state index in [2.05, 4.69) is 26.3 Å². The van der Waals surface area contributed by atoms with Crippen LogP contribution in [-0.4, -0.2) is 18.2 Å². The van der Waals surface area contributed by atoms with E-state index in [1.165, 1.54) is 6.42 Å². The van der Waals surface area contributed by atoms with Gasteiger partial charge in [-0.2, -0.15) is 0 Å². The van der Waals surface area contributed by atoms with Crippen LogP contribution in [0.25, 0.3) is 0 Å². The molecule has 4 nitrogen and oxygen atoms in total. The zero-order valence-corrected chi connectivity index (χ0v) is 13.1. The normalized spacial score (nSPS) is 30.0. The van der Waals surface area contributed by atoms with Crippen molar-refractivity contribution >= 4 is 5.97 Å². The smallest absolute Gasteiger partial charge is 0.356 e. The van der Waals surface area contributed by atoms with Crippen LogP contribution in [0, 0.1) is 11.3 Å². The lowest BCUT2D eigenvalue weighted by Gasteiger charge is -2.41. The van der Waals surface area contributed by atoms with Gasteiger partial charge in [-0.25, -0.2) is 4.79 Å². The van der Waals surface area contributed by atoms with Gasteiger partial charge in [0.05, 0.1) is 6.61 Å². The van der Waals surface area contributed by atoms with Crippen molar-refractivity contribution in [1.82, 2.24) is 5.48 Å². The standard InChI is InChI=1S/C16H27NO3/c1-5-15(3,4)12-7-9-16(10-8-12)11-13(17-20-16)14(18)19-6-2/h11-12,17H,5-10H2,1-4H3. The summed E-state index contributed by atoms with van der Waals surface area (Å²) in [6.45, 7) is 9.16. The van der Waals surface area contributed by atoms with Gasteiger partial charge in [0.1, 0.15) is 11.3 Å². The van der Waals surface area contributed by atoms with Gasteiger partial charge in [0.25, 0.3) is 0 Å². The molecular formula is C16H27NO3. The Bertz CT molecular complexity index is 393. The SMILES string of the molecule is CCOC(=O)C1=CC2(CCC(C(C)(C)CC)CC2)ON1. The number of nitrogens with one attached hydrogen (secondary N) is 1. The third-order valence-corrected chi connectivity index (χ3v) is 5.12. The molecule has 20 heavy (non-hydrogen) atoms. The van der Waals surface area contributed by atoms with E-state index >= 15 is 0 Å². The largest absolute Gasteiger partial charge is 0.461 e. The van der Waals surface area contributed by atoms with Crippen LogP contribution >= 0.6 is 0 Å². The Hall–Kier alpha value is -1.03. The van der Waals surface area contributed by atoms with E-state index in [0.717, 1.165) is 31.6 Å². The summed E-state index contributed by atoms with van der Waals surface area (Å²) >= 11 is 0. The van der Waals surface area contributed by atoms with E-state index in [4.69, 9.17) is 9.57 Å². The molecule has 0 saturated heterocycles. The Kier molecular flexibility index (Phi) is 4.43. The zero-order chi connectivity index (χ0) is 14.8. The van der Waals surface area contributed by atoms with Crippen LogP contribution in [0.1, 0.15) is 59.8 Å². The molecule has 1 aliphatic heterocycles. The molecule has 0 aromatic rings. The minimum atomic E-state index is -0.319. The summed E-state index contributed by atoms with van der Waals surface area (Å²) in [7, 11) is 0. The number of carbonyl (C=O) groups is 1. The molecule has 4 heteroatoms. The van der Waals surface area contributed by atoms with Crippen molar-refractivity contribution in [2.75, 3.05) is 6.61 Å². The van der Waals surface area contributed by atoms with Crippen molar-refractivity contribution in [3.63, 3.8) is 0 Å². The summed E-state index contributed by atoms with van der Waals surface area (Å²) in [5, 5.41) is 0. The van der Waals surface area contributed by atoms with Crippen LogP contribution in [0.5, 0.6) is 0 Å². The van der Waals surface area contributed by atoms with Crippen molar-refractivity contribution in [3.05, 3.63) is 11.8 Å². The predicted octanol–water partition coefficient (Wildman–Crippen LogP) is 3.33. The Morgan fingerprint density at radius 3 is 2.65 bits per heavy atom. The van der Waals surface area contributed by atoms with Gasteiger partial charge in [0.15, 0.2) is 0 Å². The molecule has 2 aliphatic rings. The van der Waals surface area contributed by atoms with Crippen LogP contribution in [0.2, 0.25) is 0 Å². The van der Waals surface area contributed by atoms with Crippen LogP contribution in [0.15, 0.2) is 11.8 Å². The third-order valence-electron chi connectivity index (χ3n) is 5.12. The van der Waals surface area contributed by atoms with Crippen molar-refractivity contribution < 1.29 is 14.4 Å². The van der Waals surface area contributed by atoms with Crippen molar-refractivity contribution in [1.29, 1.82) is 0 Å². The first kappa shape index (κ1) is 15.4. The second-order valence-electron chi connectivity index (χ2n) is 6.66. The molecule has 114 valence electrons. The van der Waals surface area contributed by atoms with Gasteiger partial charge in [0.2, 0.25) is 0 Å². The maximum absolute atomic E-state index is 11.7. The highest BCUT2D eigenvalue weighted by Gasteiger charge is 2.43. The fraction of sp³-hybridized carbons (Fsp3) is 0.812. The second-order valence-corrected chi connectivity index (χ2v) is 6.66. The lowest BCUT2D eigenvalue weighted by molar-refractivity contribution is -0.141. The van der Waals surface area contributed by atoms with Crippen LogP contribution in [0.3, 0.4) is 0 Å². The Morgan fingerprint density at radius 2 is 2.10 bits per heavy atom. The molecule has 1 spiro atoms. The van der Waals surface area contributed by atoms with Gasteiger partial charge in [-0.3, -0.25) is 10.3 Å². The summed E-state index contributed by atoms with van der Waals surface area (Å²) in [6.07, 6.45) is 7.37. The molecule has 1 aliphatic carbocycles. The molecule has 0 unspecified atom stereocenters. The molecule has 1 saturated carbocycles. The summed E-state index contributed by atoms with van der Waals surface area (Å²) in [5.74, 6) is 0.419. The molecular weight excluding hydrogens is 254 g/mol. The highest BCUT2D eigenvalue weighted by atomic mass is 16.7. The van der Waals surface area contributed by atoms with E-state index in [0.29, 0.717) is 17.7 Å². The monoisotopic (exact) mass is 281 g/mol. The van der Waals surface area contributed by atoms with Gasteiger partial charge < -0.3 is 4.74 Å². The summed E-state index contributed by atoms with van der Waals surface area (Å²) in [4.78, 5) is 17.4. The van der Waals surface area contributed by atoms with Gasteiger partial charge >= 0.3 is 5.97 Å². The van der Waals surface area contributed by atoms with Gasteiger partial charge in [-0.1, -0.05) is 27.2 Å². The lowest BCUT2D eigenvalue weighted by Crippen LogP contribution is -2.38. The minimum absolute atomic E-state index is 0.303. The van der Waals surface area contributed by atoms with Crippen molar-refractivity contribution in [2.24, 2.45) is 11.3 Å². The van der Waals surface area contributed by atoms with Gasteiger partial charge in [-0.05, 0) is 50.0 Å². The Morgan fingerprint density at radius 1 is 1.45 bits per heavy atom. The lowest BCUT2D eigenvalue weighted by atomic mass is 9.66. The Labute approximate surface area is 121 Å². The number of hydrogen-bond acceptors (Lipinski definition) is 4. The minimum Gasteiger partial charge on any atom is -0.461 e. The number of esters is 1. The van der Waals surface area contributed by atoms with Gasteiger partial charge in [0, 0.05) is 0 Å². The van der Waals surface area contributed by atoms with Crippen molar-refractivity contribution in [2.45, 2.75) is 65.4 Å². The average molecular weight is 281 g/mol. The van der Waals surface area contributed by atoms with E-state index < -0.39 is 0 Å². The maximum atomic E-state index is 11.7. The maximum Gasteiger partial charge on any atom is 0.356 e. The van der Waals surface area contributed by atoms with E-state index in [-0.39, 0.29) is 11.6 Å². The average Bonchev–Trinajstić information content (AvgIpc) is 2.84. The van der Waals surface area contributed by atoms with E-state index in [9.17, 15) is 4.79 Å². The molecule has 0 aromatic heterocycles. The van der Waals surface area contributed by atoms with E-state index in [1.807, 2.05) is 13.0 Å². The first-order valence-corrected chi connectivity index (χ1v) is 7.76. The quantitative estimate of drug-likeness (QED) is 0.803. The van der Waals surface area contributed by atoms with Crippen LogP contribution in [-0.2, 0) is 14.4 Å². The molecule has 1 fully saturated rings. The molecule has 0 bridgehead atoms. The zero-order valence-electron chi connectivity index (χ0n) is 13.1. The van der Waals surface area contributed by atoms with E-state index in [1.54, 1.807) is 0 Å². The number of carbonyl (C=O) groups excluding carboxylic acids is 1. The molecule has 2 rings (SSSR count). The summed E-state index contributed by atoms with van der Waals surface area (Å²) < 4.78 is 5.00. The summed E-state index contributed by atoms with van der Waals surface area (Å²) in [6, 6.07) is 0. The first-order chi connectivity index (χ1) is 9.42. The number of hydrogen-bond donors (Lipinski definition) is 1. The molecule has 1 heterocycles. The molecule has 0 radical (unpaired) electrons. The molecule has 1 N–H and O–H groups in total. The Balaban J connectivity index is 1.98. The highest BCUT2D eigenvalue weighted by molar-refractivity contribution is 5.88. The number of ether oxygens (including phenoxy) is 1. The number of rotatable bonds is 4. The fourth-order valence-electron chi connectivity index (χ4n) is 3.21. The molecule has 0 amide bonds. The molecule has 0 aromatic carbocycles. The fourth-order valence-corrected chi connectivity index (χ4v) is 3.21. The predicted molar refractivity (Wildman–Crippen MR) is 77.7 cm³/mol. The summed E-state index contributed by atoms with van der Waals surface area (Å²) in [5.41, 5.74) is 3.30. The highest BCUT2D eigenvalue weighted by Crippen LogP contribution is 2.46. The number of hydroxylamine groups is 1. The third kappa shape index (κ3) is 3.00.